The zero-order chi connectivity index (χ0) is 8.81. The van der Waals surface area contributed by atoms with Gasteiger partial charge in [0.05, 0.1) is 18.8 Å². The van der Waals surface area contributed by atoms with Crippen LogP contribution in [0.1, 0.15) is 19.3 Å². The number of hydrogen-bond donors (Lipinski definition) is 1. The molecule has 5 nitrogen and oxygen atoms in total. The Morgan fingerprint density at radius 3 is 3.00 bits per heavy atom. The lowest BCUT2D eigenvalue weighted by atomic mass is 10.0. The summed E-state index contributed by atoms with van der Waals surface area (Å²) in [4.78, 5) is 2.67. The van der Waals surface area contributed by atoms with E-state index in [1.165, 1.54) is 0 Å². The Kier molecular flexibility index (Phi) is 3.87. The van der Waals surface area contributed by atoms with Gasteiger partial charge in [-0.1, -0.05) is 5.11 Å². The van der Waals surface area contributed by atoms with Gasteiger partial charge in [-0.15, -0.1) is 0 Å². The SMILES string of the molecule is [N-]=[N+]=NC(CO)C1CCCCO1. The van der Waals surface area contributed by atoms with E-state index >= 15 is 0 Å². The van der Waals surface area contributed by atoms with E-state index in [2.05, 4.69) is 10.0 Å². The second-order valence-corrected chi connectivity index (χ2v) is 2.86. The molecule has 2 unspecified atom stereocenters. The largest absolute Gasteiger partial charge is 0.396 e. The van der Waals surface area contributed by atoms with E-state index in [4.69, 9.17) is 15.4 Å². The van der Waals surface area contributed by atoms with Gasteiger partial charge in [-0.05, 0) is 24.8 Å². The molecule has 1 heterocycles. The van der Waals surface area contributed by atoms with E-state index in [1.54, 1.807) is 0 Å². The summed E-state index contributed by atoms with van der Waals surface area (Å²) >= 11 is 0. The highest BCUT2D eigenvalue weighted by atomic mass is 16.5. The first-order chi connectivity index (χ1) is 5.88. The van der Waals surface area contributed by atoms with E-state index in [0.29, 0.717) is 6.61 Å². The minimum absolute atomic E-state index is 0.0837. The van der Waals surface area contributed by atoms with Crippen LogP contribution in [-0.2, 0) is 4.74 Å². The number of ether oxygens (including phenoxy) is 1. The van der Waals surface area contributed by atoms with E-state index in [-0.39, 0.29) is 12.7 Å². The second-order valence-electron chi connectivity index (χ2n) is 2.86. The number of aliphatic hydroxyl groups excluding tert-OH is 1. The van der Waals surface area contributed by atoms with Crippen molar-refractivity contribution in [3.05, 3.63) is 10.4 Å². The highest BCUT2D eigenvalue weighted by Gasteiger charge is 2.22. The Balaban J connectivity index is 2.45. The Morgan fingerprint density at radius 2 is 2.50 bits per heavy atom. The Labute approximate surface area is 71.0 Å². The fraction of sp³-hybridized carbons (Fsp3) is 1.00. The van der Waals surface area contributed by atoms with Crippen molar-refractivity contribution in [1.29, 1.82) is 0 Å². The van der Waals surface area contributed by atoms with Crippen LogP contribution in [0.25, 0.3) is 10.4 Å². The average molecular weight is 171 g/mol. The maximum Gasteiger partial charge on any atom is 0.0867 e. The molecule has 0 aromatic rings. The van der Waals surface area contributed by atoms with Gasteiger partial charge in [-0.2, -0.15) is 0 Å². The molecule has 2 atom stereocenters. The van der Waals surface area contributed by atoms with Gasteiger partial charge in [-0.3, -0.25) is 0 Å². The Hall–Kier alpha value is -0.770. The normalized spacial score (nSPS) is 25.9. The van der Waals surface area contributed by atoms with E-state index < -0.39 is 6.04 Å². The number of azide groups is 1. The molecular weight excluding hydrogens is 158 g/mol. The van der Waals surface area contributed by atoms with Gasteiger partial charge >= 0.3 is 0 Å². The summed E-state index contributed by atoms with van der Waals surface area (Å²) in [6, 6.07) is -0.407. The van der Waals surface area contributed by atoms with Gasteiger partial charge in [0, 0.05) is 11.5 Å². The van der Waals surface area contributed by atoms with Gasteiger partial charge in [-0.25, -0.2) is 0 Å². The fourth-order valence-electron chi connectivity index (χ4n) is 1.36. The van der Waals surface area contributed by atoms with Crippen molar-refractivity contribution in [3.63, 3.8) is 0 Å². The van der Waals surface area contributed by atoms with E-state index in [9.17, 15) is 0 Å². The van der Waals surface area contributed by atoms with Crippen molar-refractivity contribution >= 4 is 0 Å². The molecule has 1 saturated heterocycles. The fourth-order valence-corrected chi connectivity index (χ4v) is 1.36. The summed E-state index contributed by atoms with van der Waals surface area (Å²) in [5, 5.41) is 12.3. The minimum atomic E-state index is -0.407. The lowest BCUT2D eigenvalue weighted by Gasteiger charge is -2.26. The lowest BCUT2D eigenvalue weighted by Crippen LogP contribution is -2.33. The van der Waals surface area contributed by atoms with Gasteiger partial charge in [0.1, 0.15) is 0 Å². The Morgan fingerprint density at radius 1 is 1.67 bits per heavy atom. The van der Waals surface area contributed by atoms with Crippen LogP contribution < -0.4 is 0 Å². The van der Waals surface area contributed by atoms with Crippen LogP contribution >= 0.6 is 0 Å². The molecular formula is C7H13N3O2. The molecule has 12 heavy (non-hydrogen) atoms. The Bertz CT molecular complexity index is 173. The molecule has 1 fully saturated rings. The molecule has 0 spiro atoms. The maximum absolute atomic E-state index is 8.86. The minimum Gasteiger partial charge on any atom is -0.396 e. The molecule has 5 heteroatoms. The van der Waals surface area contributed by atoms with Crippen molar-refractivity contribution in [1.82, 2.24) is 0 Å². The summed E-state index contributed by atoms with van der Waals surface area (Å²) in [5.41, 5.74) is 8.19. The molecule has 0 radical (unpaired) electrons. The van der Waals surface area contributed by atoms with Crippen LogP contribution in [0.15, 0.2) is 5.11 Å². The first-order valence-corrected chi connectivity index (χ1v) is 4.15. The van der Waals surface area contributed by atoms with Gasteiger partial charge in [0.25, 0.3) is 0 Å². The summed E-state index contributed by atoms with van der Waals surface area (Å²) in [5.74, 6) is 0. The standard InChI is InChI=1S/C7H13N3O2/c8-10-9-6(5-11)7-3-1-2-4-12-7/h6-7,11H,1-5H2. The molecule has 1 N–H and O–H groups in total. The molecule has 0 aromatic heterocycles. The van der Waals surface area contributed by atoms with Gasteiger partial charge < -0.3 is 9.84 Å². The summed E-state index contributed by atoms with van der Waals surface area (Å²) in [6.07, 6.45) is 2.94. The second kappa shape index (κ2) is 4.98. The van der Waals surface area contributed by atoms with Crippen LogP contribution in [0.3, 0.4) is 0 Å². The molecule has 1 aliphatic rings. The molecule has 0 aliphatic carbocycles. The molecule has 0 bridgehead atoms. The maximum atomic E-state index is 8.86. The third kappa shape index (κ3) is 2.37. The average Bonchev–Trinajstić information content (AvgIpc) is 2.15. The van der Waals surface area contributed by atoms with Crippen molar-refractivity contribution in [2.45, 2.75) is 31.4 Å². The third-order valence-electron chi connectivity index (χ3n) is 2.03. The molecule has 1 aliphatic heterocycles. The van der Waals surface area contributed by atoms with E-state index in [0.717, 1.165) is 19.3 Å². The summed E-state index contributed by atoms with van der Waals surface area (Å²) < 4.78 is 5.36. The topological polar surface area (TPSA) is 78.2 Å². The number of hydrogen-bond acceptors (Lipinski definition) is 3. The predicted octanol–water partition coefficient (Wildman–Crippen LogP) is 1.23. The van der Waals surface area contributed by atoms with Gasteiger partial charge in [0.2, 0.25) is 0 Å². The number of rotatable bonds is 3. The van der Waals surface area contributed by atoms with Crippen molar-refractivity contribution < 1.29 is 9.84 Å². The molecule has 0 saturated carbocycles. The molecule has 0 amide bonds. The monoisotopic (exact) mass is 171 g/mol. The molecule has 68 valence electrons. The van der Waals surface area contributed by atoms with Crippen molar-refractivity contribution in [2.75, 3.05) is 13.2 Å². The zero-order valence-electron chi connectivity index (χ0n) is 6.89. The van der Waals surface area contributed by atoms with Crippen LogP contribution in [0, 0.1) is 0 Å². The predicted molar refractivity (Wildman–Crippen MR) is 43.6 cm³/mol. The van der Waals surface area contributed by atoms with Crippen molar-refractivity contribution in [2.24, 2.45) is 5.11 Å². The van der Waals surface area contributed by atoms with Crippen LogP contribution in [0.5, 0.6) is 0 Å². The van der Waals surface area contributed by atoms with Gasteiger partial charge in [0.15, 0.2) is 0 Å². The van der Waals surface area contributed by atoms with Crippen LogP contribution in [0.2, 0.25) is 0 Å². The third-order valence-corrected chi connectivity index (χ3v) is 2.03. The van der Waals surface area contributed by atoms with Crippen LogP contribution in [0.4, 0.5) is 0 Å². The smallest absolute Gasteiger partial charge is 0.0867 e. The zero-order valence-corrected chi connectivity index (χ0v) is 6.89. The summed E-state index contributed by atoms with van der Waals surface area (Å²) in [7, 11) is 0. The first kappa shape index (κ1) is 9.32. The van der Waals surface area contributed by atoms with Crippen LogP contribution in [-0.4, -0.2) is 30.5 Å². The lowest BCUT2D eigenvalue weighted by molar-refractivity contribution is -0.0102. The highest BCUT2D eigenvalue weighted by Crippen LogP contribution is 2.17. The van der Waals surface area contributed by atoms with Crippen molar-refractivity contribution in [3.8, 4) is 0 Å². The molecule has 1 rings (SSSR count). The quantitative estimate of drug-likeness (QED) is 0.393. The molecule has 0 aromatic carbocycles. The number of nitrogens with zero attached hydrogens (tertiary/aromatic N) is 3. The van der Waals surface area contributed by atoms with E-state index in [1.807, 2.05) is 0 Å². The summed E-state index contributed by atoms with van der Waals surface area (Å²) in [6.45, 7) is 0.580. The first-order valence-electron chi connectivity index (χ1n) is 4.15. The highest BCUT2D eigenvalue weighted by molar-refractivity contribution is 4.78. The number of aliphatic hydroxyl groups is 1.